The molecule has 0 amide bonds. The number of rotatable bonds is 4. The van der Waals surface area contributed by atoms with E-state index in [1.165, 1.54) is 7.11 Å². The monoisotopic (exact) mass is 219 g/mol. The average Bonchev–Trinajstić information content (AvgIpc) is 2.23. The van der Waals surface area contributed by atoms with Gasteiger partial charge in [0, 0.05) is 12.1 Å². The van der Waals surface area contributed by atoms with Gasteiger partial charge in [0.25, 0.3) is 0 Å². The van der Waals surface area contributed by atoms with Crippen LogP contribution in [0.5, 0.6) is 11.5 Å². The van der Waals surface area contributed by atoms with Crippen LogP contribution in [-0.2, 0) is 6.54 Å². The molecule has 0 aromatic heterocycles. The molecule has 4 nitrogen and oxygen atoms in total. The summed E-state index contributed by atoms with van der Waals surface area (Å²) in [5.41, 5.74) is 1.82. The number of methoxy groups -OCH3 is 2. The average molecular weight is 219 g/mol. The van der Waals surface area contributed by atoms with Gasteiger partial charge in [0.1, 0.15) is 0 Å². The molecule has 0 unspecified atom stereocenters. The number of halogens is 2. The molecule has 0 saturated carbocycles. The molecule has 2 N–H and O–H groups in total. The Morgan fingerprint density at radius 3 is 2.40 bits per heavy atom. The van der Waals surface area contributed by atoms with Gasteiger partial charge in [-0.15, -0.1) is 0 Å². The fourth-order valence-electron chi connectivity index (χ4n) is 1.18. The fraction of sp³-hybridized carbons (Fsp3) is 0.333. The summed E-state index contributed by atoms with van der Waals surface area (Å²) in [6.07, 6.45) is 0. The third-order valence-electron chi connectivity index (χ3n) is 1.90. The van der Waals surface area contributed by atoms with Gasteiger partial charge in [-0.2, -0.15) is 4.39 Å². The van der Waals surface area contributed by atoms with Gasteiger partial charge in [-0.25, -0.2) is 9.87 Å². The lowest BCUT2D eigenvalue weighted by Crippen LogP contribution is -2.10. The lowest BCUT2D eigenvalue weighted by Gasteiger charge is -2.11. The van der Waals surface area contributed by atoms with Crippen LogP contribution in [-0.4, -0.2) is 19.4 Å². The quantitative estimate of drug-likeness (QED) is 0.753. The highest BCUT2D eigenvalue weighted by atomic mass is 19.1. The summed E-state index contributed by atoms with van der Waals surface area (Å²) in [5, 5.41) is 8.45. The third kappa shape index (κ3) is 2.16. The lowest BCUT2D eigenvalue weighted by molar-refractivity contribution is 0.159. The Morgan fingerprint density at radius 1 is 1.27 bits per heavy atom. The van der Waals surface area contributed by atoms with E-state index in [9.17, 15) is 8.78 Å². The molecule has 0 bridgehead atoms. The van der Waals surface area contributed by atoms with E-state index in [4.69, 9.17) is 9.94 Å². The molecule has 0 aliphatic carbocycles. The minimum Gasteiger partial charge on any atom is -0.494 e. The van der Waals surface area contributed by atoms with Gasteiger partial charge in [-0.1, -0.05) is 0 Å². The zero-order chi connectivity index (χ0) is 11.4. The Bertz CT molecular complexity index is 358. The van der Waals surface area contributed by atoms with Crippen molar-refractivity contribution in [2.45, 2.75) is 6.54 Å². The van der Waals surface area contributed by atoms with E-state index >= 15 is 0 Å². The topological polar surface area (TPSA) is 50.7 Å². The highest BCUT2D eigenvalue weighted by molar-refractivity contribution is 5.42. The molecule has 0 fully saturated rings. The molecule has 15 heavy (non-hydrogen) atoms. The molecule has 1 aromatic rings. The molecular formula is C9H11F2NO3. The molecule has 0 heterocycles. The Hall–Kier alpha value is -1.40. The van der Waals surface area contributed by atoms with Crippen molar-refractivity contribution in [1.29, 1.82) is 0 Å². The SMILES string of the molecule is COc1cc(CNO)c(F)c(OC)c1F. The van der Waals surface area contributed by atoms with Crippen LogP contribution in [0.4, 0.5) is 8.78 Å². The number of ether oxygens (including phenoxy) is 2. The van der Waals surface area contributed by atoms with Crippen molar-refractivity contribution >= 4 is 0 Å². The second-order valence-electron chi connectivity index (χ2n) is 2.73. The van der Waals surface area contributed by atoms with Crippen molar-refractivity contribution in [3.63, 3.8) is 0 Å². The van der Waals surface area contributed by atoms with E-state index in [2.05, 4.69) is 4.74 Å². The maximum atomic E-state index is 13.5. The zero-order valence-electron chi connectivity index (χ0n) is 8.30. The maximum Gasteiger partial charge on any atom is 0.209 e. The number of hydrogen-bond donors (Lipinski definition) is 2. The van der Waals surface area contributed by atoms with Crippen LogP contribution >= 0.6 is 0 Å². The third-order valence-corrected chi connectivity index (χ3v) is 1.90. The van der Waals surface area contributed by atoms with Crippen molar-refractivity contribution in [1.82, 2.24) is 5.48 Å². The van der Waals surface area contributed by atoms with Crippen LogP contribution < -0.4 is 15.0 Å². The summed E-state index contributed by atoms with van der Waals surface area (Å²) in [6.45, 7) is -0.168. The molecular weight excluding hydrogens is 208 g/mol. The standard InChI is InChI=1S/C9H11F2NO3/c1-14-6-3-5(4-12-13)7(10)9(15-2)8(6)11/h3,12-13H,4H2,1-2H3. The molecule has 0 radical (unpaired) electrons. The van der Waals surface area contributed by atoms with Gasteiger partial charge in [-0.05, 0) is 6.07 Å². The summed E-state index contributed by atoms with van der Waals surface area (Å²) in [7, 11) is 2.41. The van der Waals surface area contributed by atoms with Crippen LogP contribution in [0.15, 0.2) is 6.07 Å². The minimum atomic E-state index is -0.904. The molecule has 1 aromatic carbocycles. The van der Waals surface area contributed by atoms with Crippen LogP contribution in [0.3, 0.4) is 0 Å². The van der Waals surface area contributed by atoms with Crippen molar-refractivity contribution in [3.8, 4) is 11.5 Å². The first-order valence-electron chi connectivity index (χ1n) is 4.11. The van der Waals surface area contributed by atoms with E-state index in [1.807, 2.05) is 0 Å². The van der Waals surface area contributed by atoms with Crippen molar-refractivity contribution in [2.24, 2.45) is 0 Å². The largest absolute Gasteiger partial charge is 0.494 e. The van der Waals surface area contributed by atoms with Crippen LogP contribution in [0.1, 0.15) is 5.56 Å². The Morgan fingerprint density at radius 2 is 1.93 bits per heavy atom. The highest BCUT2D eigenvalue weighted by Gasteiger charge is 2.19. The van der Waals surface area contributed by atoms with Gasteiger partial charge in [0.15, 0.2) is 17.3 Å². The molecule has 0 saturated heterocycles. The predicted octanol–water partition coefficient (Wildman–Crippen LogP) is 1.46. The van der Waals surface area contributed by atoms with E-state index in [1.54, 1.807) is 5.48 Å². The zero-order valence-corrected chi connectivity index (χ0v) is 8.30. The first kappa shape index (κ1) is 11.7. The molecule has 0 atom stereocenters. The molecule has 0 aliphatic rings. The molecule has 6 heteroatoms. The Labute approximate surface area is 85.4 Å². The van der Waals surface area contributed by atoms with Crippen molar-refractivity contribution in [2.75, 3.05) is 14.2 Å². The van der Waals surface area contributed by atoms with Gasteiger partial charge < -0.3 is 14.7 Å². The van der Waals surface area contributed by atoms with E-state index in [0.29, 0.717) is 0 Å². The van der Waals surface area contributed by atoms with Gasteiger partial charge in [0.05, 0.1) is 14.2 Å². The van der Waals surface area contributed by atoms with Gasteiger partial charge in [-0.3, -0.25) is 0 Å². The van der Waals surface area contributed by atoms with Crippen LogP contribution in [0, 0.1) is 11.6 Å². The fourth-order valence-corrected chi connectivity index (χ4v) is 1.18. The first-order chi connectivity index (χ1) is 7.15. The molecule has 0 spiro atoms. The number of hydroxylamine groups is 1. The van der Waals surface area contributed by atoms with E-state index < -0.39 is 17.4 Å². The first-order valence-corrected chi connectivity index (χ1v) is 4.11. The Balaban J connectivity index is 3.30. The minimum absolute atomic E-state index is 0.0487. The van der Waals surface area contributed by atoms with E-state index in [0.717, 1.165) is 13.2 Å². The highest BCUT2D eigenvalue weighted by Crippen LogP contribution is 2.32. The number of benzene rings is 1. The van der Waals surface area contributed by atoms with Crippen LogP contribution in [0.25, 0.3) is 0 Å². The van der Waals surface area contributed by atoms with Gasteiger partial charge >= 0.3 is 0 Å². The predicted molar refractivity (Wildman–Crippen MR) is 48.1 cm³/mol. The van der Waals surface area contributed by atoms with E-state index in [-0.39, 0.29) is 17.9 Å². The summed E-state index contributed by atoms with van der Waals surface area (Å²) in [5.74, 6) is -2.44. The van der Waals surface area contributed by atoms with Gasteiger partial charge in [0.2, 0.25) is 5.82 Å². The summed E-state index contributed by atoms with van der Waals surface area (Å²) < 4.78 is 36.1. The second kappa shape index (κ2) is 4.90. The van der Waals surface area contributed by atoms with Crippen LogP contribution in [0.2, 0.25) is 0 Å². The normalized spacial score (nSPS) is 10.2. The molecule has 84 valence electrons. The van der Waals surface area contributed by atoms with Crippen molar-refractivity contribution in [3.05, 3.63) is 23.3 Å². The lowest BCUT2D eigenvalue weighted by atomic mass is 10.1. The number of hydrogen-bond acceptors (Lipinski definition) is 4. The Kier molecular flexibility index (Phi) is 3.81. The molecule has 0 aliphatic heterocycles. The smallest absolute Gasteiger partial charge is 0.209 e. The molecule has 1 rings (SSSR count). The van der Waals surface area contributed by atoms with Crippen molar-refractivity contribution < 1.29 is 23.5 Å². The summed E-state index contributed by atoms with van der Waals surface area (Å²) in [4.78, 5) is 0. The second-order valence-corrected chi connectivity index (χ2v) is 2.73. The summed E-state index contributed by atoms with van der Waals surface area (Å²) in [6, 6.07) is 1.15. The summed E-state index contributed by atoms with van der Waals surface area (Å²) >= 11 is 0. The number of nitrogens with one attached hydrogen (secondary N) is 1. The maximum absolute atomic E-state index is 13.5.